The van der Waals surface area contributed by atoms with E-state index in [0.717, 1.165) is 0 Å². The Kier molecular flexibility index (Phi) is 5.42. The number of carbonyl (C=O) groups is 1. The molecule has 3 aromatic rings. The van der Waals surface area contributed by atoms with Gasteiger partial charge in [-0.1, -0.05) is 12.1 Å². The Bertz CT molecular complexity index is 1090. The van der Waals surface area contributed by atoms with Crippen LogP contribution in [0.25, 0.3) is 22.4 Å². The number of carboxylic acids is 1. The number of aliphatic carboxylic acids is 1. The first-order chi connectivity index (χ1) is 13.5. The molecular formula is C21H16N2O5. The van der Waals surface area contributed by atoms with Crippen LogP contribution < -0.4 is 15.0 Å². The van der Waals surface area contributed by atoms with Crippen LogP contribution in [0.3, 0.4) is 0 Å². The van der Waals surface area contributed by atoms with Gasteiger partial charge in [0.15, 0.2) is 6.61 Å². The van der Waals surface area contributed by atoms with Gasteiger partial charge in [-0.3, -0.25) is 4.79 Å². The highest BCUT2D eigenvalue weighted by Gasteiger charge is 2.13. The lowest BCUT2D eigenvalue weighted by molar-refractivity contribution is -0.139. The molecule has 2 aromatic carbocycles. The van der Waals surface area contributed by atoms with Crippen LogP contribution in [0.15, 0.2) is 59.4 Å². The van der Waals surface area contributed by atoms with E-state index in [4.69, 9.17) is 14.6 Å². The fraction of sp³-hybridized carbons (Fsp3) is 0.0952. The third kappa shape index (κ3) is 4.02. The van der Waals surface area contributed by atoms with Crippen LogP contribution in [0, 0.1) is 11.3 Å². The van der Waals surface area contributed by atoms with E-state index in [9.17, 15) is 14.9 Å². The molecule has 0 aliphatic carbocycles. The number of benzene rings is 2. The van der Waals surface area contributed by atoms with Crippen molar-refractivity contribution in [3.63, 3.8) is 0 Å². The molecule has 0 spiro atoms. The van der Waals surface area contributed by atoms with Gasteiger partial charge in [0.2, 0.25) is 0 Å². The first-order valence-corrected chi connectivity index (χ1v) is 8.28. The molecule has 0 aliphatic heterocycles. The molecule has 0 unspecified atom stereocenters. The van der Waals surface area contributed by atoms with Gasteiger partial charge >= 0.3 is 5.97 Å². The van der Waals surface area contributed by atoms with Crippen LogP contribution in [0.4, 0.5) is 0 Å². The van der Waals surface area contributed by atoms with Gasteiger partial charge in [-0.05, 0) is 53.6 Å². The quantitative estimate of drug-likeness (QED) is 0.684. The second kappa shape index (κ2) is 8.10. The molecule has 7 nitrogen and oxygen atoms in total. The minimum absolute atomic E-state index is 0.0235. The average Bonchev–Trinajstić information content (AvgIpc) is 2.72. The first kappa shape index (κ1) is 18.7. The van der Waals surface area contributed by atoms with E-state index >= 15 is 0 Å². The van der Waals surface area contributed by atoms with Crippen LogP contribution in [0.1, 0.15) is 5.56 Å². The summed E-state index contributed by atoms with van der Waals surface area (Å²) in [5.74, 6) is 0.00595. The fourth-order valence-corrected chi connectivity index (χ4v) is 2.70. The minimum Gasteiger partial charge on any atom is -0.497 e. The van der Waals surface area contributed by atoms with Crippen molar-refractivity contribution < 1.29 is 19.4 Å². The first-order valence-electron chi connectivity index (χ1n) is 8.28. The minimum atomic E-state index is -1.07. The van der Waals surface area contributed by atoms with E-state index in [1.165, 1.54) is 0 Å². The number of aromatic nitrogens is 1. The molecule has 0 fully saturated rings. The zero-order valence-corrected chi connectivity index (χ0v) is 14.9. The lowest BCUT2D eigenvalue weighted by Gasteiger charge is -2.10. The SMILES string of the molecule is COc1ccc(-c2cc(-c3ccc(OCC(=O)O)cc3)[nH]c(=O)c2C#N)cc1. The monoisotopic (exact) mass is 376 g/mol. The smallest absolute Gasteiger partial charge is 0.341 e. The van der Waals surface area contributed by atoms with E-state index in [-0.39, 0.29) is 5.56 Å². The molecule has 0 amide bonds. The molecule has 0 radical (unpaired) electrons. The average molecular weight is 376 g/mol. The number of pyridine rings is 1. The Morgan fingerprint density at radius 3 is 2.25 bits per heavy atom. The van der Waals surface area contributed by atoms with Gasteiger partial charge in [0, 0.05) is 11.3 Å². The summed E-state index contributed by atoms with van der Waals surface area (Å²) < 4.78 is 10.2. The van der Waals surface area contributed by atoms with Crippen LogP contribution in [-0.2, 0) is 4.79 Å². The molecule has 1 aromatic heterocycles. The highest BCUT2D eigenvalue weighted by atomic mass is 16.5. The number of nitriles is 1. The van der Waals surface area contributed by atoms with Gasteiger partial charge in [0.05, 0.1) is 7.11 Å². The predicted molar refractivity (Wildman–Crippen MR) is 102 cm³/mol. The van der Waals surface area contributed by atoms with Crippen molar-refractivity contribution in [3.8, 4) is 40.0 Å². The topological polar surface area (TPSA) is 112 Å². The lowest BCUT2D eigenvalue weighted by Crippen LogP contribution is -2.12. The standard InChI is InChI=1S/C21H16N2O5/c1-27-15-6-2-13(3-7-15)17-10-19(23-21(26)18(17)11-22)14-4-8-16(9-5-14)28-12-20(24)25/h2-10H,12H2,1H3,(H,23,26)(H,24,25). The number of hydrogen-bond acceptors (Lipinski definition) is 5. The summed E-state index contributed by atoms with van der Waals surface area (Å²) in [4.78, 5) is 25.7. The number of hydrogen-bond donors (Lipinski definition) is 2. The number of nitrogens with zero attached hydrogens (tertiary/aromatic N) is 1. The largest absolute Gasteiger partial charge is 0.497 e. The van der Waals surface area contributed by atoms with Crippen molar-refractivity contribution in [1.29, 1.82) is 5.26 Å². The third-order valence-electron chi connectivity index (χ3n) is 4.07. The van der Waals surface area contributed by atoms with Gasteiger partial charge in [0.25, 0.3) is 5.56 Å². The normalized spacial score (nSPS) is 10.1. The van der Waals surface area contributed by atoms with Crippen molar-refractivity contribution in [2.75, 3.05) is 13.7 Å². The number of methoxy groups -OCH3 is 1. The molecular weight excluding hydrogens is 360 g/mol. The summed E-state index contributed by atoms with van der Waals surface area (Å²) in [6.07, 6.45) is 0. The second-order valence-electron chi connectivity index (χ2n) is 5.85. The number of rotatable bonds is 6. The summed E-state index contributed by atoms with van der Waals surface area (Å²) in [6.45, 7) is -0.436. The van der Waals surface area contributed by atoms with Crippen molar-refractivity contribution in [2.24, 2.45) is 0 Å². The zero-order valence-electron chi connectivity index (χ0n) is 14.9. The molecule has 0 bridgehead atoms. The maximum absolute atomic E-state index is 12.4. The molecule has 7 heteroatoms. The van der Waals surface area contributed by atoms with Gasteiger partial charge in [-0.15, -0.1) is 0 Å². The molecule has 0 aliphatic rings. The Morgan fingerprint density at radius 1 is 1.07 bits per heavy atom. The highest BCUT2D eigenvalue weighted by Crippen LogP contribution is 2.28. The zero-order chi connectivity index (χ0) is 20.1. The highest BCUT2D eigenvalue weighted by molar-refractivity contribution is 5.75. The fourth-order valence-electron chi connectivity index (χ4n) is 2.70. The summed E-state index contributed by atoms with van der Waals surface area (Å²) in [7, 11) is 1.56. The Labute approximate surface area is 160 Å². The third-order valence-corrected chi connectivity index (χ3v) is 4.07. The van der Waals surface area contributed by atoms with Gasteiger partial charge in [-0.2, -0.15) is 5.26 Å². The second-order valence-corrected chi connectivity index (χ2v) is 5.85. The molecule has 28 heavy (non-hydrogen) atoms. The van der Waals surface area contributed by atoms with Crippen molar-refractivity contribution in [2.45, 2.75) is 0 Å². The molecule has 3 rings (SSSR count). The van der Waals surface area contributed by atoms with E-state index in [0.29, 0.717) is 33.9 Å². The Morgan fingerprint density at radius 2 is 1.68 bits per heavy atom. The summed E-state index contributed by atoms with van der Waals surface area (Å²) in [6, 6.07) is 17.4. The molecule has 0 atom stereocenters. The molecule has 140 valence electrons. The van der Waals surface area contributed by atoms with Gasteiger partial charge in [0.1, 0.15) is 23.1 Å². The maximum Gasteiger partial charge on any atom is 0.341 e. The summed E-state index contributed by atoms with van der Waals surface area (Å²) in [5, 5.41) is 18.1. The van der Waals surface area contributed by atoms with Crippen LogP contribution in [0.5, 0.6) is 11.5 Å². The molecule has 1 heterocycles. The van der Waals surface area contributed by atoms with E-state index in [2.05, 4.69) is 4.98 Å². The number of aromatic amines is 1. The van der Waals surface area contributed by atoms with E-state index in [1.54, 1.807) is 61.7 Å². The predicted octanol–water partition coefficient (Wildman–Crippen LogP) is 3.05. The number of carboxylic acid groups (broad SMARTS) is 1. The van der Waals surface area contributed by atoms with E-state index in [1.807, 2.05) is 6.07 Å². The molecule has 2 N–H and O–H groups in total. The van der Waals surface area contributed by atoms with Crippen molar-refractivity contribution >= 4 is 5.97 Å². The summed E-state index contributed by atoms with van der Waals surface area (Å²) >= 11 is 0. The van der Waals surface area contributed by atoms with Crippen molar-refractivity contribution in [1.82, 2.24) is 4.98 Å². The maximum atomic E-state index is 12.4. The Hall–Kier alpha value is -4.05. The van der Waals surface area contributed by atoms with Crippen LogP contribution in [0.2, 0.25) is 0 Å². The summed E-state index contributed by atoms with van der Waals surface area (Å²) in [5.41, 5.74) is 1.98. The van der Waals surface area contributed by atoms with Crippen molar-refractivity contribution in [3.05, 3.63) is 70.5 Å². The van der Waals surface area contributed by atoms with E-state index < -0.39 is 18.1 Å². The van der Waals surface area contributed by atoms with Crippen LogP contribution in [-0.4, -0.2) is 29.8 Å². The Balaban J connectivity index is 2.00. The lowest BCUT2D eigenvalue weighted by atomic mass is 9.99. The number of ether oxygens (including phenoxy) is 2. The van der Waals surface area contributed by atoms with Gasteiger partial charge in [-0.25, -0.2) is 4.79 Å². The molecule has 0 saturated carbocycles. The van der Waals surface area contributed by atoms with Gasteiger partial charge < -0.3 is 19.6 Å². The van der Waals surface area contributed by atoms with Crippen LogP contribution >= 0.6 is 0 Å². The number of nitrogens with one attached hydrogen (secondary N) is 1. The molecule has 0 saturated heterocycles. The number of H-pyrrole nitrogens is 1.